The summed E-state index contributed by atoms with van der Waals surface area (Å²) in [4.78, 5) is 18.4. The number of piperidine rings is 1. The average Bonchev–Trinajstić information content (AvgIpc) is 2.60. The lowest BCUT2D eigenvalue weighted by Crippen LogP contribution is -2.42. The van der Waals surface area contributed by atoms with Crippen LogP contribution in [0.25, 0.3) is 10.9 Å². The number of likely N-dealkylation sites (tertiary alicyclic amines) is 1. The third-order valence-electron chi connectivity index (χ3n) is 4.69. The van der Waals surface area contributed by atoms with Crippen LogP contribution in [0.1, 0.15) is 33.6 Å². The molecule has 7 heteroatoms. The number of amides is 1. The van der Waals surface area contributed by atoms with Crippen molar-refractivity contribution in [2.45, 2.75) is 39.2 Å². The maximum atomic E-state index is 12.2. The first kappa shape index (κ1) is 19.7. The first-order valence-electron chi connectivity index (χ1n) is 9.28. The van der Waals surface area contributed by atoms with E-state index in [2.05, 4.69) is 26.2 Å². The second-order valence-corrected chi connectivity index (χ2v) is 8.96. The highest BCUT2D eigenvalue weighted by atomic mass is 79.9. The van der Waals surface area contributed by atoms with Crippen LogP contribution in [-0.2, 0) is 4.74 Å². The summed E-state index contributed by atoms with van der Waals surface area (Å²) < 4.78 is 6.45. The zero-order chi connectivity index (χ0) is 19.6. The number of pyridine rings is 1. The van der Waals surface area contributed by atoms with Crippen LogP contribution < -0.4 is 11.1 Å². The maximum absolute atomic E-state index is 12.2. The normalized spacial score (nSPS) is 15.8. The Bertz CT molecular complexity index is 827. The molecule has 1 aromatic carbocycles. The topological polar surface area (TPSA) is 80.5 Å². The Morgan fingerprint density at radius 1 is 1.37 bits per heavy atom. The highest BCUT2D eigenvalue weighted by Gasteiger charge is 2.26. The minimum Gasteiger partial charge on any atom is -0.444 e. The van der Waals surface area contributed by atoms with Gasteiger partial charge in [-0.05, 0) is 57.7 Å². The van der Waals surface area contributed by atoms with Crippen LogP contribution in [0, 0.1) is 5.92 Å². The molecule has 1 fully saturated rings. The predicted octanol–water partition coefficient (Wildman–Crippen LogP) is 4.64. The van der Waals surface area contributed by atoms with Crippen LogP contribution in [0.4, 0.5) is 16.2 Å². The van der Waals surface area contributed by atoms with Crippen LogP contribution >= 0.6 is 15.9 Å². The number of benzene rings is 1. The third-order valence-corrected chi connectivity index (χ3v) is 5.19. The Balaban J connectivity index is 1.59. The molecule has 3 rings (SSSR count). The molecule has 1 amide bonds. The molecule has 6 nitrogen and oxygen atoms in total. The molecule has 0 unspecified atom stereocenters. The molecule has 146 valence electrons. The van der Waals surface area contributed by atoms with Gasteiger partial charge in [-0.1, -0.05) is 15.9 Å². The SMILES string of the molecule is CC(C)(C)OC(=O)N1CCC(CNc2c(N)cnc3cc(Br)ccc23)CC1. The van der Waals surface area contributed by atoms with E-state index < -0.39 is 5.60 Å². The van der Waals surface area contributed by atoms with Gasteiger partial charge in [0.2, 0.25) is 0 Å². The third kappa shape index (κ3) is 5.03. The number of nitrogens with two attached hydrogens (primary N) is 1. The number of fused-ring (bicyclic) bond motifs is 1. The molecule has 1 aromatic heterocycles. The van der Waals surface area contributed by atoms with Gasteiger partial charge in [-0.2, -0.15) is 0 Å². The molecule has 1 saturated heterocycles. The molecule has 3 N–H and O–H groups in total. The molecule has 0 bridgehead atoms. The number of carbonyl (C=O) groups excluding carboxylic acids is 1. The van der Waals surface area contributed by atoms with Crippen LogP contribution in [-0.4, -0.2) is 41.2 Å². The van der Waals surface area contributed by atoms with Gasteiger partial charge in [0, 0.05) is 29.5 Å². The quantitative estimate of drug-likeness (QED) is 0.735. The highest BCUT2D eigenvalue weighted by molar-refractivity contribution is 9.10. The van der Waals surface area contributed by atoms with E-state index in [1.54, 1.807) is 11.1 Å². The van der Waals surface area contributed by atoms with E-state index in [1.807, 2.05) is 39.0 Å². The number of aromatic nitrogens is 1. The highest BCUT2D eigenvalue weighted by Crippen LogP contribution is 2.30. The van der Waals surface area contributed by atoms with Crippen molar-refractivity contribution in [2.75, 3.05) is 30.7 Å². The van der Waals surface area contributed by atoms with Crippen molar-refractivity contribution in [3.63, 3.8) is 0 Å². The van der Waals surface area contributed by atoms with Crippen LogP contribution in [0.15, 0.2) is 28.9 Å². The number of nitrogens with zero attached hydrogens (tertiary/aromatic N) is 2. The van der Waals surface area contributed by atoms with E-state index in [9.17, 15) is 4.79 Å². The van der Waals surface area contributed by atoms with Gasteiger partial charge >= 0.3 is 6.09 Å². The number of halogens is 1. The fourth-order valence-electron chi connectivity index (χ4n) is 3.27. The summed E-state index contributed by atoms with van der Waals surface area (Å²) in [5.41, 5.74) is 8.19. The summed E-state index contributed by atoms with van der Waals surface area (Å²) in [5.74, 6) is 0.488. The van der Waals surface area contributed by atoms with Crippen molar-refractivity contribution in [1.82, 2.24) is 9.88 Å². The molecule has 1 aliphatic heterocycles. The second-order valence-electron chi connectivity index (χ2n) is 8.04. The Kier molecular flexibility index (Phi) is 5.79. The van der Waals surface area contributed by atoms with Gasteiger partial charge in [0.1, 0.15) is 5.60 Å². The molecule has 0 atom stereocenters. The molecular weight excluding hydrogens is 408 g/mol. The smallest absolute Gasteiger partial charge is 0.410 e. The monoisotopic (exact) mass is 434 g/mol. The Morgan fingerprint density at radius 2 is 2.07 bits per heavy atom. The fraction of sp³-hybridized carbons (Fsp3) is 0.500. The summed E-state index contributed by atoms with van der Waals surface area (Å²) in [6, 6.07) is 6.00. The first-order valence-corrected chi connectivity index (χ1v) is 10.1. The summed E-state index contributed by atoms with van der Waals surface area (Å²) in [7, 11) is 0. The number of nitrogens with one attached hydrogen (secondary N) is 1. The lowest BCUT2D eigenvalue weighted by Gasteiger charge is -2.33. The summed E-state index contributed by atoms with van der Waals surface area (Å²) in [5, 5.41) is 4.53. The molecule has 27 heavy (non-hydrogen) atoms. The molecule has 0 radical (unpaired) electrons. The lowest BCUT2D eigenvalue weighted by molar-refractivity contribution is 0.0188. The van der Waals surface area contributed by atoms with Gasteiger partial charge in [-0.3, -0.25) is 4.98 Å². The summed E-state index contributed by atoms with van der Waals surface area (Å²) in [6.07, 6.45) is 3.37. The van der Waals surface area contributed by atoms with E-state index in [-0.39, 0.29) is 6.09 Å². The maximum Gasteiger partial charge on any atom is 0.410 e. The Morgan fingerprint density at radius 3 is 2.74 bits per heavy atom. The van der Waals surface area contributed by atoms with Crippen LogP contribution in [0.5, 0.6) is 0 Å². The molecular formula is C20H27BrN4O2. The zero-order valence-electron chi connectivity index (χ0n) is 16.1. The van der Waals surface area contributed by atoms with Gasteiger partial charge < -0.3 is 20.7 Å². The minimum atomic E-state index is -0.454. The van der Waals surface area contributed by atoms with Crippen molar-refractivity contribution in [3.05, 3.63) is 28.9 Å². The molecule has 2 aromatic rings. The van der Waals surface area contributed by atoms with Crippen molar-refractivity contribution >= 4 is 44.3 Å². The largest absolute Gasteiger partial charge is 0.444 e. The molecule has 0 spiro atoms. The molecule has 2 heterocycles. The van der Waals surface area contributed by atoms with Gasteiger partial charge in [0.15, 0.2) is 0 Å². The molecule has 0 saturated carbocycles. The van der Waals surface area contributed by atoms with Gasteiger partial charge in [-0.25, -0.2) is 4.79 Å². The van der Waals surface area contributed by atoms with Gasteiger partial charge in [0.05, 0.1) is 23.1 Å². The minimum absolute atomic E-state index is 0.219. The van der Waals surface area contributed by atoms with Gasteiger partial charge in [-0.15, -0.1) is 0 Å². The van der Waals surface area contributed by atoms with E-state index >= 15 is 0 Å². The molecule has 1 aliphatic rings. The van der Waals surface area contributed by atoms with Crippen molar-refractivity contribution < 1.29 is 9.53 Å². The number of anilines is 2. The lowest BCUT2D eigenvalue weighted by atomic mass is 9.97. The zero-order valence-corrected chi connectivity index (χ0v) is 17.7. The summed E-state index contributed by atoms with van der Waals surface area (Å²) in [6.45, 7) is 7.94. The van der Waals surface area contributed by atoms with Crippen molar-refractivity contribution in [3.8, 4) is 0 Å². The first-order chi connectivity index (χ1) is 12.7. The Labute approximate surface area is 168 Å². The number of hydrogen-bond donors (Lipinski definition) is 2. The van der Waals surface area contributed by atoms with E-state index in [0.29, 0.717) is 11.6 Å². The van der Waals surface area contributed by atoms with E-state index in [1.165, 1.54) is 0 Å². The van der Waals surface area contributed by atoms with Crippen molar-refractivity contribution in [1.29, 1.82) is 0 Å². The standard InChI is InChI=1S/C20H27BrN4O2/c1-20(2,3)27-19(26)25-8-6-13(7-9-25)11-24-18-15-5-4-14(21)10-17(15)23-12-16(18)22/h4-5,10,12-13H,6-9,11,22H2,1-3H3,(H,23,24). The number of ether oxygens (including phenoxy) is 1. The van der Waals surface area contributed by atoms with Gasteiger partial charge in [0.25, 0.3) is 0 Å². The number of nitrogen functional groups attached to an aromatic ring is 1. The average molecular weight is 435 g/mol. The predicted molar refractivity (Wildman–Crippen MR) is 113 cm³/mol. The van der Waals surface area contributed by atoms with E-state index in [4.69, 9.17) is 10.5 Å². The number of carbonyl (C=O) groups is 1. The summed E-state index contributed by atoms with van der Waals surface area (Å²) >= 11 is 3.48. The van der Waals surface area contributed by atoms with Crippen molar-refractivity contribution in [2.24, 2.45) is 5.92 Å². The Hall–Kier alpha value is -2.02. The van der Waals surface area contributed by atoms with Crippen LogP contribution in [0.2, 0.25) is 0 Å². The van der Waals surface area contributed by atoms with Crippen LogP contribution in [0.3, 0.4) is 0 Å². The number of hydrogen-bond acceptors (Lipinski definition) is 5. The van der Waals surface area contributed by atoms with E-state index in [0.717, 1.165) is 53.5 Å². The molecule has 0 aliphatic carbocycles. The fourth-order valence-corrected chi connectivity index (χ4v) is 3.62. The number of rotatable bonds is 3. The second kappa shape index (κ2) is 7.92.